The van der Waals surface area contributed by atoms with Crippen molar-refractivity contribution in [2.24, 2.45) is 0 Å². The highest BCUT2D eigenvalue weighted by Crippen LogP contribution is 2.13. The molecule has 0 aromatic carbocycles. The molecule has 3 nitrogen and oxygen atoms in total. The fourth-order valence-corrected chi connectivity index (χ4v) is 1.31. The van der Waals surface area contributed by atoms with Crippen molar-refractivity contribution in [2.45, 2.75) is 0 Å². The van der Waals surface area contributed by atoms with Gasteiger partial charge in [0.25, 0.3) is 0 Å². The minimum absolute atomic E-state index is 0.369. The molecule has 0 saturated carbocycles. The van der Waals surface area contributed by atoms with Gasteiger partial charge in [-0.15, -0.1) is 0 Å². The molecule has 0 amide bonds. The van der Waals surface area contributed by atoms with Crippen molar-refractivity contribution in [3.8, 4) is 0 Å². The smallest absolute Gasteiger partial charge is 0.207 e. The van der Waals surface area contributed by atoms with E-state index >= 15 is 0 Å². The molecule has 2 heterocycles. The van der Waals surface area contributed by atoms with Gasteiger partial charge in [-0.3, -0.25) is 9.20 Å². The summed E-state index contributed by atoms with van der Waals surface area (Å²) >= 11 is 5.74. The molecule has 0 N–H and O–H groups in total. The number of carbonyl (C=O) groups excluding carboxylic acids is 1. The number of pyridine rings is 1. The molecule has 0 spiro atoms. The molecule has 4 heteroatoms. The van der Waals surface area contributed by atoms with E-state index in [4.69, 9.17) is 11.6 Å². The van der Waals surface area contributed by atoms with Crippen LogP contribution in [-0.2, 0) is 0 Å². The minimum atomic E-state index is 0.369. The predicted octanol–water partition coefficient (Wildman–Crippen LogP) is 1.80. The number of aldehydes is 1. The Morgan fingerprint density at radius 2 is 2.42 bits per heavy atom. The Hall–Kier alpha value is -1.35. The Bertz CT molecular complexity index is 436. The van der Waals surface area contributed by atoms with Gasteiger partial charge >= 0.3 is 0 Å². The number of hydrogen-bond donors (Lipinski definition) is 0. The lowest BCUT2D eigenvalue weighted by molar-refractivity contribution is 0.112. The summed E-state index contributed by atoms with van der Waals surface area (Å²) in [4.78, 5) is 14.4. The van der Waals surface area contributed by atoms with Crippen molar-refractivity contribution in [1.82, 2.24) is 9.38 Å². The number of nitrogens with zero attached hydrogens (tertiary/aromatic N) is 2. The van der Waals surface area contributed by atoms with Crippen LogP contribution in [0.2, 0.25) is 5.28 Å². The quantitative estimate of drug-likeness (QED) is 0.628. The average molecular weight is 181 g/mol. The number of carbonyl (C=O) groups is 1. The summed E-state index contributed by atoms with van der Waals surface area (Å²) in [6.07, 6.45) is 4.12. The number of aromatic nitrogens is 2. The van der Waals surface area contributed by atoms with Gasteiger partial charge in [0.1, 0.15) is 0 Å². The normalized spacial score (nSPS) is 10.4. The highest BCUT2D eigenvalue weighted by atomic mass is 35.5. The van der Waals surface area contributed by atoms with Crippen molar-refractivity contribution in [3.05, 3.63) is 35.4 Å². The molecule has 12 heavy (non-hydrogen) atoms. The Labute approximate surface area is 73.6 Å². The summed E-state index contributed by atoms with van der Waals surface area (Å²) in [5, 5.41) is 0.369. The fraction of sp³-hybridized carbons (Fsp3) is 0. The van der Waals surface area contributed by atoms with E-state index < -0.39 is 0 Å². The van der Waals surface area contributed by atoms with E-state index in [1.807, 2.05) is 0 Å². The second-order valence-electron chi connectivity index (χ2n) is 2.36. The van der Waals surface area contributed by atoms with Gasteiger partial charge in [0.2, 0.25) is 5.28 Å². The molecule has 0 fully saturated rings. The average Bonchev–Trinajstić information content (AvgIpc) is 2.48. The summed E-state index contributed by atoms with van der Waals surface area (Å²) in [6, 6.07) is 3.48. The largest absolute Gasteiger partial charge is 0.298 e. The number of imidazole rings is 1. The first kappa shape index (κ1) is 7.31. The summed E-state index contributed by atoms with van der Waals surface area (Å²) in [6.45, 7) is 0. The lowest BCUT2D eigenvalue weighted by Crippen LogP contribution is -1.88. The van der Waals surface area contributed by atoms with Crippen LogP contribution in [0.25, 0.3) is 5.52 Å². The number of rotatable bonds is 1. The maximum absolute atomic E-state index is 10.5. The zero-order valence-electron chi connectivity index (χ0n) is 6.07. The van der Waals surface area contributed by atoms with Crippen LogP contribution in [0.15, 0.2) is 24.5 Å². The van der Waals surface area contributed by atoms with Crippen LogP contribution >= 0.6 is 11.6 Å². The highest BCUT2D eigenvalue weighted by Gasteiger charge is 2.02. The molecule has 0 unspecified atom stereocenters. The van der Waals surface area contributed by atoms with Gasteiger partial charge in [-0.25, -0.2) is 4.98 Å². The van der Waals surface area contributed by atoms with Gasteiger partial charge in [-0.05, 0) is 23.7 Å². The van der Waals surface area contributed by atoms with E-state index in [0.717, 1.165) is 11.8 Å². The summed E-state index contributed by atoms with van der Waals surface area (Å²) in [5.41, 5.74) is 1.33. The van der Waals surface area contributed by atoms with Crippen molar-refractivity contribution in [3.63, 3.8) is 0 Å². The van der Waals surface area contributed by atoms with Crippen LogP contribution in [0.5, 0.6) is 0 Å². The third-order valence-electron chi connectivity index (χ3n) is 1.69. The van der Waals surface area contributed by atoms with E-state index in [9.17, 15) is 4.79 Å². The van der Waals surface area contributed by atoms with Crippen LogP contribution in [0.4, 0.5) is 0 Å². The Morgan fingerprint density at radius 3 is 3.17 bits per heavy atom. The molecule has 2 aromatic heterocycles. The molecule has 0 bridgehead atoms. The number of fused-ring (bicyclic) bond motifs is 1. The van der Waals surface area contributed by atoms with Crippen molar-refractivity contribution in [1.29, 1.82) is 0 Å². The monoisotopic (exact) mass is 180 g/mol. The first-order chi connectivity index (χ1) is 5.83. The van der Waals surface area contributed by atoms with Crippen LogP contribution < -0.4 is 0 Å². The topological polar surface area (TPSA) is 34.4 Å². The number of halogens is 1. The Balaban J connectivity index is 2.89. The zero-order chi connectivity index (χ0) is 8.55. The highest BCUT2D eigenvalue weighted by molar-refractivity contribution is 6.28. The van der Waals surface area contributed by atoms with Gasteiger partial charge in [0, 0.05) is 11.8 Å². The van der Waals surface area contributed by atoms with E-state index in [1.54, 1.807) is 28.9 Å². The van der Waals surface area contributed by atoms with Gasteiger partial charge < -0.3 is 0 Å². The Kier molecular flexibility index (Phi) is 1.59. The lowest BCUT2D eigenvalue weighted by Gasteiger charge is -1.95. The molecule has 0 aliphatic carbocycles. The third-order valence-corrected chi connectivity index (χ3v) is 1.97. The Morgan fingerprint density at radius 1 is 1.58 bits per heavy atom. The van der Waals surface area contributed by atoms with Crippen LogP contribution in [0.1, 0.15) is 10.4 Å². The molecule has 0 atom stereocenters. The van der Waals surface area contributed by atoms with Crippen LogP contribution in [0.3, 0.4) is 0 Å². The molecule has 0 aliphatic rings. The standard InChI is InChI=1S/C8H5ClN2O/c9-8-10-4-7-6(5-12)2-1-3-11(7)8/h1-5H. The fourth-order valence-electron chi connectivity index (χ4n) is 1.11. The van der Waals surface area contributed by atoms with E-state index in [1.165, 1.54) is 0 Å². The van der Waals surface area contributed by atoms with Gasteiger partial charge in [0.05, 0.1) is 11.7 Å². The first-order valence-corrected chi connectivity index (χ1v) is 3.77. The molecule has 0 radical (unpaired) electrons. The third kappa shape index (κ3) is 0.905. The maximum atomic E-state index is 10.5. The number of hydrogen-bond acceptors (Lipinski definition) is 2. The van der Waals surface area contributed by atoms with Crippen molar-refractivity contribution >= 4 is 23.4 Å². The van der Waals surface area contributed by atoms with Gasteiger partial charge in [-0.1, -0.05) is 0 Å². The minimum Gasteiger partial charge on any atom is -0.298 e. The second kappa shape index (κ2) is 2.60. The van der Waals surface area contributed by atoms with E-state index in [2.05, 4.69) is 4.98 Å². The molecular weight excluding hydrogens is 176 g/mol. The summed E-state index contributed by atoms with van der Waals surface area (Å²) in [5.74, 6) is 0. The molecule has 0 saturated heterocycles. The van der Waals surface area contributed by atoms with Crippen molar-refractivity contribution < 1.29 is 4.79 Å². The molecular formula is C8H5ClN2O. The lowest BCUT2D eigenvalue weighted by atomic mass is 10.2. The van der Waals surface area contributed by atoms with E-state index in [0.29, 0.717) is 10.8 Å². The second-order valence-corrected chi connectivity index (χ2v) is 2.70. The van der Waals surface area contributed by atoms with Crippen molar-refractivity contribution in [2.75, 3.05) is 0 Å². The van der Waals surface area contributed by atoms with Gasteiger partial charge in [-0.2, -0.15) is 0 Å². The van der Waals surface area contributed by atoms with E-state index in [-0.39, 0.29) is 0 Å². The predicted molar refractivity (Wildman–Crippen MR) is 45.6 cm³/mol. The molecule has 2 rings (SSSR count). The summed E-state index contributed by atoms with van der Waals surface area (Å²) in [7, 11) is 0. The van der Waals surface area contributed by atoms with Gasteiger partial charge in [0.15, 0.2) is 6.29 Å². The molecule has 2 aromatic rings. The maximum Gasteiger partial charge on any atom is 0.207 e. The molecule has 60 valence electrons. The van der Waals surface area contributed by atoms with Crippen LogP contribution in [0, 0.1) is 0 Å². The first-order valence-electron chi connectivity index (χ1n) is 3.39. The zero-order valence-corrected chi connectivity index (χ0v) is 6.82. The molecule has 0 aliphatic heterocycles. The SMILES string of the molecule is O=Cc1cccn2c(Cl)ncc12. The summed E-state index contributed by atoms with van der Waals surface area (Å²) < 4.78 is 1.66. The van der Waals surface area contributed by atoms with Crippen LogP contribution in [-0.4, -0.2) is 15.7 Å².